The summed E-state index contributed by atoms with van der Waals surface area (Å²) in [7, 11) is -1.36. The predicted molar refractivity (Wildman–Crippen MR) is 97.5 cm³/mol. The van der Waals surface area contributed by atoms with Crippen LogP contribution in [0.15, 0.2) is 41.3 Å². The van der Waals surface area contributed by atoms with Crippen LogP contribution in [-0.4, -0.2) is 22.6 Å². The summed E-state index contributed by atoms with van der Waals surface area (Å²) in [5.41, 5.74) is 1.03. The molecule has 2 aromatic rings. The minimum absolute atomic E-state index is 0.0375. The standard InChI is InChI=1S/C18H21ClO5S/c1-18(2,3)12-6-8-13(9-7-12)24-25(20,21)17-11-15(22-4)14(19)10-16(17)23-5/h6-11H,1-5H3. The topological polar surface area (TPSA) is 61.8 Å². The smallest absolute Gasteiger partial charge is 0.343 e. The van der Waals surface area contributed by atoms with E-state index in [2.05, 4.69) is 20.8 Å². The van der Waals surface area contributed by atoms with E-state index in [1.54, 1.807) is 12.1 Å². The van der Waals surface area contributed by atoms with Gasteiger partial charge in [-0.25, -0.2) is 0 Å². The lowest BCUT2D eigenvalue weighted by atomic mass is 9.87. The van der Waals surface area contributed by atoms with E-state index in [1.807, 2.05) is 12.1 Å². The first-order valence-corrected chi connectivity index (χ1v) is 9.33. The van der Waals surface area contributed by atoms with Crippen molar-refractivity contribution in [1.82, 2.24) is 0 Å². The zero-order valence-electron chi connectivity index (χ0n) is 14.8. The third-order valence-corrected chi connectivity index (χ3v) is 5.20. The highest BCUT2D eigenvalue weighted by molar-refractivity contribution is 7.87. The Hall–Kier alpha value is -1.92. The average Bonchev–Trinajstić information content (AvgIpc) is 2.53. The SMILES string of the molecule is COc1cc(S(=O)(=O)Oc2ccc(C(C)(C)C)cc2)c(OC)cc1Cl. The summed E-state index contributed by atoms with van der Waals surface area (Å²) in [5.74, 6) is 0.508. The Bertz CT molecular complexity index is 852. The summed E-state index contributed by atoms with van der Waals surface area (Å²) >= 11 is 6.01. The van der Waals surface area contributed by atoms with Gasteiger partial charge in [-0.05, 0) is 23.1 Å². The fraction of sp³-hybridized carbons (Fsp3) is 0.333. The second kappa shape index (κ2) is 7.14. The van der Waals surface area contributed by atoms with Gasteiger partial charge in [-0.2, -0.15) is 8.42 Å². The molecular weight excluding hydrogens is 364 g/mol. The van der Waals surface area contributed by atoms with E-state index >= 15 is 0 Å². The molecule has 0 aliphatic rings. The Morgan fingerprint density at radius 3 is 1.96 bits per heavy atom. The van der Waals surface area contributed by atoms with Crippen LogP contribution in [-0.2, 0) is 15.5 Å². The quantitative estimate of drug-likeness (QED) is 0.714. The molecule has 2 aromatic carbocycles. The van der Waals surface area contributed by atoms with Crippen LogP contribution in [0.3, 0.4) is 0 Å². The molecule has 0 heterocycles. The van der Waals surface area contributed by atoms with Gasteiger partial charge in [0, 0.05) is 12.1 Å². The first kappa shape index (κ1) is 19.4. The monoisotopic (exact) mass is 384 g/mol. The van der Waals surface area contributed by atoms with Crippen molar-refractivity contribution >= 4 is 21.7 Å². The molecule has 0 saturated heterocycles. The van der Waals surface area contributed by atoms with Crippen LogP contribution in [0.1, 0.15) is 26.3 Å². The fourth-order valence-electron chi connectivity index (χ4n) is 2.21. The molecule has 25 heavy (non-hydrogen) atoms. The van der Waals surface area contributed by atoms with E-state index in [0.717, 1.165) is 5.56 Å². The number of halogens is 1. The molecule has 0 bridgehead atoms. The summed E-state index contributed by atoms with van der Waals surface area (Å²) in [6.45, 7) is 6.22. The van der Waals surface area contributed by atoms with Crippen LogP contribution < -0.4 is 13.7 Å². The van der Waals surface area contributed by atoms with Crippen molar-refractivity contribution in [3.8, 4) is 17.2 Å². The summed E-state index contributed by atoms with van der Waals surface area (Å²) in [6, 6.07) is 9.57. The highest BCUT2D eigenvalue weighted by atomic mass is 35.5. The zero-order valence-corrected chi connectivity index (χ0v) is 16.4. The summed E-state index contributed by atoms with van der Waals surface area (Å²) in [6.07, 6.45) is 0. The third-order valence-electron chi connectivity index (χ3n) is 3.63. The van der Waals surface area contributed by atoms with E-state index in [0.29, 0.717) is 0 Å². The van der Waals surface area contributed by atoms with Gasteiger partial charge in [-0.3, -0.25) is 0 Å². The molecule has 0 unspecified atom stereocenters. The Labute approximate surface area is 153 Å². The van der Waals surface area contributed by atoms with Crippen molar-refractivity contribution in [1.29, 1.82) is 0 Å². The summed E-state index contributed by atoms with van der Waals surface area (Å²) in [4.78, 5) is -0.156. The second-order valence-electron chi connectivity index (χ2n) is 6.45. The maximum Gasteiger partial charge on any atom is 0.343 e. The van der Waals surface area contributed by atoms with Crippen molar-refractivity contribution < 1.29 is 22.1 Å². The van der Waals surface area contributed by atoms with Crippen LogP contribution in [0.4, 0.5) is 0 Å². The Balaban J connectivity index is 2.39. The van der Waals surface area contributed by atoms with E-state index in [1.165, 1.54) is 26.4 Å². The van der Waals surface area contributed by atoms with Crippen molar-refractivity contribution in [3.63, 3.8) is 0 Å². The van der Waals surface area contributed by atoms with Gasteiger partial charge in [0.1, 0.15) is 17.2 Å². The number of rotatable bonds is 5. The van der Waals surface area contributed by atoms with Gasteiger partial charge in [0.05, 0.1) is 19.2 Å². The van der Waals surface area contributed by atoms with Crippen LogP contribution >= 0.6 is 11.6 Å². The molecule has 0 N–H and O–H groups in total. The maximum absolute atomic E-state index is 12.6. The maximum atomic E-state index is 12.6. The minimum Gasteiger partial charge on any atom is -0.495 e. The second-order valence-corrected chi connectivity index (χ2v) is 8.37. The lowest BCUT2D eigenvalue weighted by Gasteiger charge is -2.19. The number of hydrogen-bond acceptors (Lipinski definition) is 5. The molecule has 0 aromatic heterocycles. The average molecular weight is 385 g/mol. The molecule has 0 radical (unpaired) electrons. The molecule has 0 fully saturated rings. The molecule has 0 aliphatic carbocycles. The minimum atomic E-state index is -4.12. The Morgan fingerprint density at radius 2 is 1.48 bits per heavy atom. The largest absolute Gasteiger partial charge is 0.495 e. The van der Waals surface area contributed by atoms with E-state index in [-0.39, 0.29) is 32.6 Å². The third kappa shape index (κ3) is 4.38. The van der Waals surface area contributed by atoms with Crippen LogP contribution in [0.5, 0.6) is 17.2 Å². The normalized spacial score (nSPS) is 11.9. The highest BCUT2D eigenvalue weighted by Gasteiger charge is 2.25. The van der Waals surface area contributed by atoms with E-state index in [4.69, 9.17) is 25.3 Å². The van der Waals surface area contributed by atoms with Crippen molar-refractivity contribution in [2.75, 3.05) is 14.2 Å². The number of ether oxygens (including phenoxy) is 2. The molecule has 0 spiro atoms. The van der Waals surface area contributed by atoms with Crippen LogP contribution in [0.2, 0.25) is 5.02 Å². The lowest BCUT2D eigenvalue weighted by molar-refractivity contribution is 0.388. The van der Waals surface area contributed by atoms with E-state index < -0.39 is 10.1 Å². The molecule has 0 amide bonds. The Kier molecular flexibility index (Phi) is 5.54. The van der Waals surface area contributed by atoms with Gasteiger partial charge < -0.3 is 13.7 Å². The van der Waals surface area contributed by atoms with Crippen LogP contribution in [0.25, 0.3) is 0 Å². The van der Waals surface area contributed by atoms with Gasteiger partial charge >= 0.3 is 10.1 Å². The Morgan fingerprint density at radius 1 is 0.920 bits per heavy atom. The molecule has 0 aliphatic heterocycles. The summed E-state index contributed by atoms with van der Waals surface area (Å²) < 4.78 is 40.7. The fourth-order valence-corrected chi connectivity index (χ4v) is 3.53. The van der Waals surface area contributed by atoms with Crippen molar-refractivity contribution in [2.24, 2.45) is 0 Å². The first-order chi connectivity index (χ1) is 11.6. The van der Waals surface area contributed by atoms with Gasteiger partial charge in [-0.1, -0.05) is 44.5 Å². The number of hydrogen-bond donors (Lipinski definition) is 0. The lowest BCUT2D eigenvalue weighted by Crippen LogP contribution is -2.13. The molecule has 0 saturated carbocycles. The van der Waals surface area contributed by atoms with E-state index in [9.17, 15) is 8.42 Å². The summed E-state index contributed by atoms with van der Waals surface area (Å²) in [5, 5.41) is 0.243. The number of methoxy groups -OCH3 is 2. The van der Waals surface area contributed by atoms with Crippen LogP contribution in [0, 0.1) is 0 Å². The zero-order chi connectivity index (χ0) is 18.8. The number of benzene rings is 2. The molecular formula is C18H21ClO5S. The highest BCUT2D eigenvalue weighted by Crippen LogP contribution is 2.36. The van der Waals surface area contributed by atoms with Gasteiger partial charge in [0.2, 0.25) is 0 Å². The van der Waals surface area contributed by atoms with Gasteiger partial charge in [0.25, 0.3) is 0 Å². The molecule has 5 nitrogen and oxygen atoms in total. The van der Waals surface area contributed by atoms with Crippen molar-refractivity contribution in [2.45, 2.75) is 31.1 Å². The van der Waals surface area contributed by atoms with Gasteiger partial charge in [0.15, 0.2) is 4.90 Å². The van der Waals surface area contributed by atoms with Crippen molar-refractivity contribution in [3.05, 3.63) is 47.0 Å². The molecule has 136 valence electrons. The molecule has 7 heteroatoms. The molecule has 2 rings (SSSR count). The first-order valence-electron chi connectivity index (χ1n) is 7.55. The van der Waals surface area contributed by atoms with Gasteiger partial charge in [-0.15, -0.1) is 0 Å². The predicted octanol–water partition coefficient (Wildman–Crippen LogP) is 4.42. The molecule has 0 atom stereocenters.